The highest BCUT2D eigenvalue weighted by Crippen LogP contribution is 2.11. The van der Waals surface area contributed by atoms with Crippen LogP contribution in [0.4, 0.5) is 4.39 Å². The number of halogens is 1. The lowest BCUT2D eigenvalue weighted by Gasteiger charge is -2.12. The summed E-state index contributed by atoms with van der Waals surface area (Å²) in [7, 11) is 0. The van der Waals surface area contributed by atoms with Gasteiger partial charge in [-0.3, -0.25) is 4.99 Å². The summed E-state index contributed by atoms with van der Waals surface area (Å²) in [6.07, 6.45) is 2.57. The molecule has 7 nitrogen and oxygen atoms in total. The van der Waals surface area contributed by atoms with Crippen molar-refractivity contribution in [3.63, 3.8) is 0 Å². The Morgan fingerprint density at radius 3 is 2.96 bits per heavy atom. The van der Waals surface area contributed by atoms with E-state index in [-0.39, 0.29) is 5.82 Å². The fraction of sp³-hybridized carbons (Fsp3) is 0.471. The Labute approximate surface area is 147 Å². The summed E-state index contributed by atoms with van der Waals surface area (Å²) in [4.78, 5) is 4.52. The summed E-state index contributed by atoms with van der Waals surface area (Å²) in [6, 6.07) is 6.11. The number of aliphatic imine (C=N–C) groups is 1. The van der Waals surface area contributed by atoms with Crippen LogP contribution in [0.3, 0.4) is 0 Å². The fourth-order valence-electron chi connectivity index (χ4n) is 2.25. The van der Waals surface area contributed by atoms with Gasteiger partial charge in [-0.15, -0.1) is 10.2 Å². The number of aromatic nitrogens is 3. The van der Waals surface area contributed by atoms with Crippen molar-refractivity contribution in [3.05, 3.63) is 42.2 Å². The Balaban J connectivity index is 1.75. The zero-order valence-corrected chi connectivity index (χ0v) is 14.7. The second-order valence-electron chi connectivity index (χ2n) is 5.29. The van der Waals surface area contributed by atoms with Crippen molar-refractivity contribution in [2.75, 3.05) is 26.2 Å². The van der Waals surface area contributed by atoms with Crippen LogP contribution < -0.4 is 15.4 Å². The van der Waals surface area contributed by atoms with E-state index in [2.05, 4.69) is 25.8 Å². The molecule has 2 rings (SSSR count). The maximum Gasteiger partial charge on any atom is 0.191 e. The molecule has 1 aromatic heterocycles. The molecule has 2 aromatic rings. The standard InChI is InChI=1S/C17H25FN6O/c1-3-16-23-22-13-24(16)10-8-20-17(19-4-2)21-9-11-25-15-7-5-6-14(18)12-15/h5-7,12-13H,3-4,8-11H2,1-2H3,(H2,19,20,21). The van der Waals surface area contributed by atoms with Crippen molar-refractivity contribution < 1.29 is 9.13 Å². The van der Waals surface area contributed by atoms with Crippen LogP contribution in [0.1, 0.15) is 19.7 Å². The molecule has 1 heterocycles. The number of ether oxygens (including phenoxy) is 1. The van der Waals surface area contributed by atoms with Crippen LogP contribution in [-0.4, -0.2) is 47.0 Å². The lowest BCUT2D eigenvalue weighted by molar-refractivity contribution is 0.320. The van der Waals surface area contributed by atoms with Crippen LogP contribution >= 0.6 is 0 Å². The van der Waals surface area contributed by atoms with Crippen LogP contribution in [0.15, 0.2) is 35.6 Å². The Bertz CT molecular complexity index is 673. The number of nitrogens with one attached hydrogen (secondary N) is 2. The van der Waals surface area contributed by atoms with Crippen molar-refractivity contribution in [2.45, 2.75) is 26.8 Å². The predicted molar refractivity (Wildman–Crippen MR) is 95.3 cm³/mol. The number of rotatable bonds is 9. The highest BCUT2D eigenvalue weighted by Gasteiger charge is 2.02. The van der Waals surface area contributed by atoms with Gasteiger partial charge in [-0.25, -0.2) is 4.39 Å². The van der Waals surface area contributed by atoms with Gasteiger partial charge in [0, 0.05) is 25.6 Å². The van der Waals surface area contributed by atoms with E-state index in [1.54, 1.807) is 18.5 Å². The molecule has 0 unspecified atom stereocenters. The molecule has 0 radical (unpaired) electrons. The quantitative estimate of drug-likeness (QED) is 0.409. The van der Waals surface area contributed by atoms with Crippen molar-refractivity contribution in [1.29, 1.82) is 0 Å². The van der Waals surface area contributed by atoms with Gasteiger partial charge in [-0.1, -0.05) is 13.0 Å². The van der Waals surface area contributed by atoms with Crippen LogP contribution in [0.25, 0.3) is 0 Å². The third-order valence-electron chi connectivity index (χ3n) is 3.43. The molecular weight excluding hydrogens is 323 g/mol. The second-order valence-corrected chi connectivity index (χ2v) is 5.29. The van der Waals surface area contributed by atoms with E-state index < -0.39 is 0 Å². The van der Waals surface area contributed by atoms with E-state index in [0.29, 0.717) is 25.4 Å². The van der Waals surface area contributed by atoms with E-state index in [4.69, 9.17) is 4.74 Å². The average Bonchev–Trinajstić information content (AvgIpc) is 3.06. The minimum Gasteiger partial charge on any atom is -0.492 e. The second kappa shape index (κ2) is 10.3. The molecule has 0 aliphatic carbocycles. The number of hydrogen-bond acceptors (Lipinski definition) is 4. The number of nitrogens with zero attached hydrogens (tertiary/aromatic N) is 4. The zero-order chi connectivity index (χ0) is 17.9. The minimum atomic E-state index is -0.305. The number of benzene rings is 1. The van der Waals surface area contributed by atoms with E-state index in [0.717, 1.165) is 31.3 Å². The lowest BCUT2D eigenvalue weighted by Crippen LogP contribution is -2.39. The van der Waals surface area contributed by atoms with Gasteiger partial charge >= 0.3 is 0 Å². The molecule has 0 saturated carbocycles. The van der Waals surface area contributed by atoms with Gasteiger partial charge in [-0.2, -0.15) is 0 Å². The van der Waals surface area contributed by atoms with Crippen LogP contribution in [0.2, 0.25) is 0 Å². The summed E-state index contributed by atoms with van der Waals surface area (Å²) in [5, 5.41) is 14.3. The molecule has 8 heteroatoms. The molecule has 0 amide bonds. The van der Waals surface area contributed by atoms with Gasteiger partial charge in [0.2, 0.25) is 0 Å². The van der Waals surface area contributed by atoms with Gasteiger partial charge in [0.15, 0.2) is 5.96 Å². The maximum absolute atomic E-state index is 13.1. The first-order chi connectivity index (χ1) is 12.2. The van der Waals surface area contributed by atoms with E-state index >= 15 is 0 Å². The van der Waals surface area contributed by atoms with Crippen molar-refractivity contribution in [2.24, 2.45) is 4.99 Å². The summed E-state index contributed by atoms with van der Waals surface area (Å²) in [5.74, 6) is 1.89. The lowest BCUT2D eigenvalue weighted by atomic mass is 10.3. The first kappa shape index (κ1) is 18.7. The average molecular weight is 348 g/mol. The van der Waals surface area contributed by atoms with Crippen molar-refractivity contribution >= 4 is 5.96 Å². The van der Waals surface area contributed by atoms with Gasteiger partial charge in [0.1, 0.15) is 30.3 Å². The molecule has 0 atom stereocenters. The smallest absolute Gasteiger partial charge is 0.191 e. The van der Waals surface area contributed by atoms with Gasteiger partial charge in [0.25, 0.3) is 0 Å². The number of guanidine groups is 1. The van der Waals surface area contributed by atoms with Crippen LogP contribution in [0.5, 0.6) is 5.75 Å². The minimum absolute atomic E-state index is 0.305. The van der Waals surface area contributed by atoms with Gasteiger partial charge in [0.05, 0.1) is 13.1 Å². The SMILES string of the molecule is CCNC(=NCCn1cnnc1CC)NCCOc1cccc(F)c1. The maximum atomic E-state index is 13.1. The van der Waals surface area contributed by atoms with E-state index in [9.17, 15) is 4.39 Å². The normalized spacial score (nSPS) is 11.4. The topological polar surface area (TPSA) is 76.4 Å². The molecule has 0 aliphatic heterocycles. The van der Waals surface area contributed by atoms with Crippen LogP contribution in [-0.2, 0) is 13.0 Å². The molecule has 0 fully saturated rings. The van der Waals surface area contributed by atoms with Gasteiger partial charge in [-0.05, 0) is 19.1 Å². The predicted octanol–water partition coefficient (Wildman–Crippen LogP) is 1.61. The van der Waals surface area contributed by atoms with E-state index in [1.165, 1.54) is 12.1 Å². The molecule has 136 valence electrons. The third kappa shape index (κ3) is 6.40. The molecule has 25 heavy (non-hydrogen) atoms. The first-order valence-corrected chi connectivity index (χ1v) is 8.50. The molecule has 0 spiro atoms. The van der Waals surface area contributed by atoms with Gasteiger partial charge < -0.3 is 19.9 Å². The number of aryl methyl sites for hydroxylation is 1. The third-order valence-corrected chi connectivity index (χ3v) is 3.43. The van der Waals surface area contributed by atoms with E-state index in [1.807, 2.05) is 18.4 Å². The molecule has 0 saturated heterocycles. The molecule has 2 N–H and O–H groups in total. The van der Waals surface area contributed by atoms with Crippen LogP contribution in [0, 0.1) is 5.82 Å². The molecule has 0 bridgehead atoms. The Hall–Kier alpha value is -2.64. The summed E-state index contributed by atoms with van der Waals surface area (Å²) in [5.41, 5.74) is 0. The van der Waals surface area contributed by atoms with Crippen molar-refractivity contribution in [3.8, 4) is 5.75 Å². The molecule has 1 aromatic carbocycles. The first-order valence-electron chi connectivity index (χ1n) is 8.50. The highest BCUT2D eigenvalue weighted by molar-refractivity contribution is 5.79. The zero-order valence-electron chi connectivity index (χ0n) is 14.7. The highest BCUT2D eigenvalue weighted by atomic mass is 19.1. The Morgan fingerprint density at radius 1 is 1.32 bits per heavy atom. The monoisotopic (exact) mass is 348 g/mol. The Morgan fingerprint density at radius 2 is 2.20 bits per heavy atom. The summed E-state index contributed by atoms with van der Waals surface area (Å²) < 4.78 is 20.6. The fourth-order valence-corrected chi connectivity index (χ4v) is 2.25. The Kier molecular flexibility index (Phi) is 7.68. The molecule has 0 aliphatic rings. The molecular formula is C17H25FN6O. The summed E-state index contributed by atoms with van der Waals surface area (Å²) >= 11 is 0. The van der Waals surface area contributed by atoms with Crippen molar-refractivity contribution in [1.82, 2.24) is 25.4 Å². The number of hydrogen-bond donors (Lipinski definition) is 2. The summed E-state index contributed by atoms with van der Waals surface area (Å²) in [6.45, 7) is 7.15. The largest absolute Gasteiger partial charge is 0.492 e.